The van der Waals surface area contributed by atoms with Crippen molar-refractivity contribution >= 4 is 39.1 Å². The van der Waals surface area contributed by atoms with E-state index in [-0.39, 0.29) is 49.9 Å². The van der Waals surface area contributed by atoms with Crippen LogP contribution in [0, 0.1) is 11.6 Å². The van der Waals surface area contributed by atoms with Gasteiger partial charge >= 0.3 is 0 Å². The third kappa shape index (κ3) is 9.54. The van der Waals surface area contributed by atoms with Crippen molar-refractivity contribution in [2.24, 2.45) is 0 Å². The molecule has 3 rings (SSSR count). The van der Waals surface area contributed by atoms with E-state index >= 15 is 0 Å². The predicted molar refractivity (Wildman–Crippen MR) is 157 cm³/mol. The second-order valence-electron chi connectivity index (χ2n) is 9.68. The summed E-state index contributed by atoms with van der Waals surface area (Å²) in [4.78, 5) is 28.6. The second kappa shape index (κ2) is 14.9. The lowest BCUT2D eigenvalue weighted by molar-refractivity contribution is -0.141. The molecule has 0 saturated heterocycles. The van der Waals surface area contributed by atoms with Crippen LogP contribution in [0.5, 0.6) is 0 Å². The number of nitrogens with zero attached hydrogens (tertiary/aromatic N) is 2. The fourth-order valence-electron chi connectivity index (χ4n) is 4.35. The molecule has 0 aliphatic heterocycles. The molecule has 0 bridgehead atoms. The molecule has 0 aliphatic rings. The van der Waals surface area contributed by atoms with Gasteiger partial charge < -0.3 is 10.2 Å². The number of halogens is 3. The molecule has 2 amide bonds. The molecule has 0 aromatic heterocycles. The number of amides is 2. The molecule has 11 heteroatoms. The van der Waals surface area contributed by atoms with E-state index in [2.05, 4.69) is 5.32 Å². The zero-order valence-electron chi connectivity index (χ0n) is 23.0. The van der Waals surface area contributed by atoms with E-state index in [1.807, 2.05) is 37.3 Å². The van der Waals surface area contributed by atoms with E-state index in [1.165, 1.54) is 11.0 Å². The molecule has 220 valence electrons. The number of benzene rings is 3. The van der Waals surface area contributed by atoms with Crippen LogP contribution in [0.4, 0.5) is 14.5 Å². The fourth-order valence-corrected chi connectivity index (χ4v) is 5.43. The molecule has 0 heterocycles. The van der Waals surface area contributed by atoms with E-state index in [9.17, 15) is 26.8 Å². The summed E-state index contributed by atoms with van der Waals surface area (Å²) in [7, 11) is -3.86. The molecule has 0 fully saturated rings. The number of hydrogen-bond acceptors (Lipinski definition) is 4. The molecule has 0 aliphatic carbocycles. The molecule has 0 radical (unpaired) electrons. The van der Waals surface area contributed by atoms with E-state index in [4.69, 9.17) is 11.6 Å². The highest BCUT2D eigenvalue weighted by Gasteiger charge is 2.30. The van der Waals surface area contributed by atoms with Crippen LogP contribution < -0.4 is 9.62 Å². The number of rotatable bonds is 14. The molecule has 0 spiro atoms. The summed E-state index contributed by atoms with van der Waals surface area (Å²) < 4.78 is 53.1. The lowest BCUT2D eigenvalue weighted by Gasteiger charge is -2.32. The lowest BCUT2D eigenvalue weighted by Crippen LogP contribution is -2.50. The van der Waals surface area contributed by atoms with Crippen molar-refractivity contribution < 1.29 is 26.8 Å². The highest BCUT2D eigenvalue weighted by molar-refractivity contribution is 7.92. The minimum Gasteiger partial charge on any atom is -0.354 e. The van der Waals surface area contributed by atoms with Crippen LogP contribution in [0.15, 0.2) is 72.8 Å². The number of anilines is 1. The maximum Gasteiger partial charge on any atom is 0.243 e. The summed E-state index contributed by atoms with van der Waals surface area (Å²) in [5, 5.41) is 3.43. The van der Waals surface area contributed by atoms with Gasteiger partial charge in [0.25, 0.3) is 0 Å². The first-order valence-corrected chi connectivity index (χ1v) is 15.5. The Kier molecular flexibility index (Phi) is 11.7. The average Bonchev–Trinajstić information content (AvgIpc) is 2.94. The molecule has 3 aromatic carbocycles. The van der Waals surface area contributed by atoms with E-state index in [0.717, 1.165) is 40.2 Å². The summed E-state index contributed by atoms with van der Waals surface area (Å²) in [6.45, 7) is 2.37. The Morgan fingerprint density at radius 1 is 0.951 bits per heavy atom. The maximum absolute atomic E-state index is 13.8. The number of nitrogens with one attached hydrogen (secondary N) is 1. The Morgan fingerprint density at radius 3 is 2.24 bits per heavy atom. The third-order valence-electron chi connectivity index (χ3n) is 6.43. The minimum atomic E-state index is -3.86. The van der Waals surface area contributed by atoms with Crippen molar-refractivity contribution in [3.8, 4) is 0 Å². The van der Waals surface area contributed by atoms with Crippen LogP contribution in [0.2, 0.25) is 5.02 Å². The van der Waals surface area contributed by atoms with Crippen LogP contribution in [0.3, 0.4) is 0 Å². The average molecular weight is 606 g/mol. The predicted octanol–water partition coefficient (Wildman–Crippen LogP) is 5.33. The van der Waals surface area contributed by atoms with Crippen LogP contribution in [0.1, 0.15) is 37.3 Å². The molecule has 3 aromatic rings. The Balaban J connectivity index is 1.87. The first-order chi connectivity index (χ1) is 19.5. The van der Waals surface area contributed by atoms with Crippen molar-refractivity contribution in [3.05, 3.63) is 101 Å². The molecular weight excluding hydrogens is 572 g/mol. The van der Waals surface area contributed by atoms with Gasteiger partial charge in [0.15, 0.2) is 11.6 Å². The zero-order chi connectivity index (χ0) is 30.0. The fraction of sp³-hybridized carbons (Fsp3) is 0.333. The monoisotopic (exact) mass is 605 g/mol. The van der Waals surface area contributed by atoms with Crippen LogP contribution in [-0.2, 0) is 32.6 Å². The van der Waals surface area contributed by atoms with Crippen LogP contribution >= 0.6 is 11.6 Å². The summed E-state index contributed by atoms with van der Waals surface area (Å²) in [5.41, 5.74) is 1.60. The first kappa shape index (κ1) is 32.0. The highest BCUT2D eigenvalue weighted by atomic mass is 35.5. The Labute approximate surface area is 245 Å². The molecule has 1 N–H and O–H groups in total. The van der Waals surface area contributed by atoms with E-state index in [0.29, 0.717) is 11.6 Å². The quantitative estimate of drug-likeness (QED) is 0.269. The summed E-state index contributed by atoms with van der Waals surface area (Å²) in [5.74, 6) is -2.92. The summed E-state index contributed by atoms with van der Waals surface area (Å²) in [6.07, 6.45) is 1.95. The third-order valence-corrected chi connectivity index (χ3v) is 7.88. The van der Waals surface area contributed by atoms with Gasteiger partial charge in [0.1, 0.15) is 6.04 Å². The molecule has 7 nitrogen and oxygen atoms in total. The van der Waals surface area contributed by atoms with Gasteiger partial charge in [-0.15, -0.1) is 0 Å². The van der Waals surface area contributed by atoms with Crippen LogP contribution in [-0.4, -0.2) is 50.5 Å². The Morgan fingerprint density at radius 2 is 1.63 bits per heavy atom. The van der Waals surface area contributed by atoms with Gasteiger partial charge in [-0.25, -0.2) is 17.2 Å². The number of carbonyl (C=O) groups is 2. The summed E-state index contributed by atoms with van der Waals surface area (Å²) in [6, 6.07) is 18.3. The lowest BCUT2D eigenvalue weighted by atomic mass is 10.0. The molecule has 0 saturated carbocycles. The topological polar surface area (TPSA) is 86.8 Å². The standard InChI is InChI=1S/C30H34ClF2N3O4S/c1-3-17-34-30(38)28(19-22-8-5-4-6-9-22)35(21-23-11-13-24(31)14-12-23)29(37)10-7-18-36(41(2,39)40)25-15-16-26(32)27(33)20-25/h4-6,8-9,11-16,20,28H,3,7,10,17-19,21H2,1-2H3,(H,34,38)/t28-/m0/s1. The number of hydrogen-bond donors (Lipinski definition) is 1. The molecular formula is C30H34ClF2N3O4S. The van der Waals surface area contributed by atoms with Gasteiger partial charge in [-0.3, -0.25) is 13.9 Å². The molecule has 1 atom stereocenters. The van der Waals surface area contributed by atoms with Gasteiger partial charge in [-0.1, -0.05) is 61.0 Å². The van der Waals surface area contributed by atoms with E-state index < -0.39 is 27.7 Å². The van der Waals surface area contributed by atoms with Crippen molar-refractivity contribution in [2.75, 3.05) is 23.7 Å². The van der Waals surface area contributed by atoms with Gasteiger partial charge in [0.2, 0.25) is 21.8 Å². The summed E-state index contributed by atoms with van der Waals surface area (Å²) >= 11 is 6.05. The Hall–Kier alpha value is -3.50. The highest BCUT2D eigenvalue weighted by Crippen LogP contribution is 2.22. The van der Waals surface area contributed by atoms with Gasteiger partial charge in [0.05, 0.1) is 11.9 Å². The normalized spacial score (nSPS) is 12.0. The number of carbonyl (C=O) groups excluding carboxylic acids is 2. The SMILES string of the molecule is CCCNC(=O)[C@H](Cc1ccccc1)N(Cc1ccc(Cl)cc1)C(=O)CCCN(c1ccc(F)c(F)c1)S(C)(=O)=O. The first-order valence-electron chi connectivity index (χ1n) is 13.3. The Bertz CT molecular complexity index is 1420. The number of sulfonamides is 1. The van der Waals surface area contributed by atoms with Gasteiger partial charge in [-0.2, -0.15) is 0 Å². The van der Waals surface area contributed by atoms with Gasteiger partial charge in [-0.05, 0) is 48.2 Å². The molecule has 0 unspecified atom stereocenters. The van der Waals surface area contributed by atoms with Crippen molar-refractivity contribution in [2.45, 2.75) is 45.2 Å². The van der Waals surface area contributed by atoms with Gasteiger partial charge in [0, 0.05) is 43.6 Å². The van der Waals surface area contributed by atoms with Crippen LogP contribution in [0.25, 0.3) is 0 Å². The van der Waals surface area contributed by atoms with Crippen molar-refractivity contribution in [1.82, 2.24) is 10.2 Å². The largest absolute Gasteiger partial charge is 0.354 e. The zero-order valence-corrected chi connectivity index (χ0v) is 24.6. The van der Waals surface area contributed by atoms with E-state index in [1.54, 1.807) is 24.3 Å². The van der Waals surface area contributed by atoms with Crippen molar-refractivity contribution in [1.29, 1.82) is 0 Å². The minimum absolute atomic E-state index is 0.0437. The maximum atomic E-state index is 13.8. The molecule has 41 heavy (non-hydrogen) atoms. The smallest absolute Gasteiger partial charge is 0.243 e. The second-order valence-corrected chi connectivity index (χ2v) is 12.0. The van der Waals surface area contributed by atoms with Crippen molar-refractivity contribution in [3.63, 3.8) is 0 Å².